The minimum Gasteiger partial charge on any atom is -0.481 e. The quantitative estimate of drug-likeness (QED) is 0.777. The number of benzene rings is 1. The number of aliphatic carboxylic acids is 1. The van der Waals surface area contributed by atoms with Gasteiger partial charge >= 0.3 is 12.0 Å². The molecule has 0 aromatic heterocycles. The summed E-state index contributed by atoms with van der Waals surface area (Å²) in [6.07, 6.45) is 0.401. The Morgan fingerprint density at radius 1 is 1.40 bits per heavy atom. The standard InChI is InChI=1S/C14H19FN2O3/c1-4-14(3,12(18)19)8-16-13(20)17-10-5-6-11(15)9(2)7-10/h5-7H,4,8H2,1-3H3,(H,18,19)(H2,16,17,20). The number of anilines is 1. The molecule has 0 fully saturated rings. The summed E-state index contributed by atoms with van der Waals surface area (Å²) in [5.74, 6) is -1.31. The molecule has 0 aliphatic heterocycles. The van der Waals surface area contributed by atoms with Crippen LogP contribution in [0.4, 0.5) is 14.9 Å². The lowest BCUT2D eigenvalue weighted by molar-refractivity contribution is -0.147. The van der Waals surface area contributed by atoms with Gasteiger partial charge in [0.2, 0.25) is 0 Å². The number of carboxylic acids is 1. The molecule has 1 unspecified atom stereocenters. The summed E-state index contributed by atoms with van der Waals surface area (Å²) in [6.45, 7) is 4.93. The Labute approximate surface area is 117 Å². The molecule has 0 bridgehead atoms. The number of nitrogens with one attached hydrogen (secondary N) is 2. The van der Waals surface area contributed by atoms with E-state index in [1.165, 1.54) is 18.2 Å². The Morgan fingerprint density at radius 3 is 2.55 bits per heavy atom. The smallest absolute Gasteiger partial charge is 0.319 e. The minimum absolute atomic E-state index is 0.0187. The molecule has 0 spiro atoms. The van der Waals surface area contributed by atoms with Crippen molar-refractivity contribution in [1.29, 1.82) is 0 Å². The summed E-state index contributed by atoms with van der Waals surface area (Å²) in [7, 11) is 0. The summed E-state index contributed by atoms with van der Waals surface area (Å²) in [4.78, 5) is 22.8. The van der Waals surface area contributed by atoms with Gasteiger partial charge in [0.15, 0.2) is 0 Å². The zero-order chi connectivity index (χ0) is 15.3. The van der Waals surface area contributed by atoms with Gasteiger partial charge in [-0.2, -0.15) is 0 Å². The van der Waals surface area contributed by atoms with Crippen molar-refractivity contribution in [3.05, 3.63) is 29.6 Å². The maximum Gasteiger partial charge on any atom is 0.319 e. The first-order valence-corrected chi connectivity index (χ1v) is 6.33. The first-order chi connectivity index (χ1) is 9.28. The van der Waals surface area contributed by atoms with Gasteiger partial charge in [-0.15, -0.1) is 0 Å². The maximum atomic E-state index is 13.1. The van der Waals surface area contributed by atoms with Gasteiger partial charge in [-0.05, 0) is 44.0 Å². The maximum absolute atomic E-state index is 13.1. The van der Waals surface area contributed by atoms with Crippen molar-refractivity contribution in [3.8, 4) is 0 Å². The van der Waals surface area contributed by atoms with Crippen LogP contribution in [0.5, 0.6) is 0 Å². The van der Waals surface area contributed by atoms with E-state index in [4.69, 9.17) is 5.11 Å². The number of hydrogen-bond acceptors (Lipinski definition) is 2. The van der Waals surface area contributed by atoms with Crippen molar-refractivity contribution >= 4 is 17.7 Å². The summed E-state index contributed by atoms with van der Waals surface area (Å²) < 4.78 is 13.1. The number of carbonyl (C=O) groups excluding carboxylic acids is 1. The SMILES string of the molecule is CCC(C)(CNC(=O)Nc1ccc(F)c(C)c1)C(=O)O. The lowest BCUT2D eigenvalue weighted by Gasteiger charge is -2.23. The molecule has 0 saturated heterocycles. The molecule has 3 N–H and O–H groups in total. The van der Waals surface area contributed by atoms with Crippen LogP contribution in [-0.4, -0.2) is 23.7 Å². The van der Waals surface area contributed by atoms with Crippen LogP contribution in [0.25, 0.3) is 0 Å². The number of rotatable bonds is 5. The van der Waals surface area contributed by atoms with Gasteiger partial charge in [-0.25, -0.2) is 9.18 Å². The predicted octanol–water partition coefficient (Wildman–Crippen LogP) is 2.76. The molecular formula is C14H19FN2O3. The molecule has 0 heterocycles. The molecule has 0 aliphatic rings. The molecule has 0 saturated carbocycles. The lowest BCUT2D eigenvalue weighted by atomic mass is 9.88. The van der Waals surface area contributed by atoms with Crippen molar-refractivity contribution in [2.24, 2.45) is 5.41 Å². The van der Waals surface area contributed by atoms with Crippen molar-refractivity contribution in [2.75, 3.05) is 11.9 Å². The highest BCUT2D eigenvalue weighted by molar-refractivity contribution is 5.89. The molecule has 1 aromatic carbocycles. The average Bonchev–Trinajstić information content (AvgIpc) is 2.40. The number of urea groups is 1. The summed E-state index contributed by atoms with van der Waals surface area (Å²) >= 11 is 0. The van der Waals surface area contributed by atoms with Crippen molar-refractivity contribution in [1.82, 2.24) is 5.32 Å². The third kappa shape index (κ3) is 3.94. The van der Waals surface area contributed by atoms with Crippen LogP contribution in [0.2, 0.25) is 0 Å². The molecule has 6 heteroatoms. The fourth-order valence-electron chi connectivity index (χ4n) is 1.52. The van der Waals surface area contributed by atoms with Crippen LogP contribution < -0.4 is 10.6 Å². The number of amides is 2. The van der Waals surface area contributed by atoms with Crippen LogP contribution in [0.1, 0.15) is 25.8 Å². The van der Waals surface area contributed by atoms with Gasteiger partial charge in [-0.1, -0.05) is 6.92 Å². The third-order valence-electron chi connectivity index (χ3n) is 3.35. The Hall–Kier alpha value is -2.11. The van der Waals surface area contributed by atoms with Crippen LogP contribution in [0.3, 0.4) is 0 Å². The molecular weight excluding hydrogens is 263 g/mol. The van der Waals surface area contributed by atoms with Gasteiger partial charge in [-0.3, -0.25) is 4.79 Å². The Morgan fingerprint density at radius 2 is 2.05 bits per heavy atom. The van der Waals surface area contributed by atoms with Crippen LogP contribution in [-0.2, 0) is 4.79 Å². The Kier molecular flexibility index (Phi) is 5.07. The van der Waals surface area contributed by atoms with Crippen LogP contribution in [0.15, 0.2) is 18.2 Å². The normalized spacial score (nSPS) is 13.4. The highest BCUT2D eigenvalue weighted by atomic mass is 19.1. The van der Waals surface area contributed by atoms with Gasteiger partial charge in [0.05, 0.1) is 5.41 Å². The second-order valence-electron chi connectivity index (χ2n) is 4.99. The molecule has 110 valence electrons. The van der Waals surface area contributed by atoms with E-state index in [-0.39, 0.29) is 12.4 Å². The van der Waals surface area contributed by atoms with Crippen molar-refractivity contribution < 1.29 is 19.1 Å². The molecule has 1 atom stereocenters. The molecule has 20 heavy (non-hydrogen) atoms. The van der Waals surface area contributed by atoms with E-state index < -0.39 is 17.4 Å². The molecule has 5 nitrogen and oxygen atoms in total. The van der Waals surface area contributed by atoms with Gasteiger partial charge in [0.25, 0.3) is 0 Å². The highest BCUT2D eigenvalue weighted by Crippen LogP contribution is 2.20. The minimum atomic E-state index is -1.00. The lowest BCUT2D eigenvalue weighted by Crippen LogP contribution is -2.42. The zero-order valence-electron chi connectivity index (χ0n) is 11.8. The van der Waals surface area contributed by atoms with Gasteiger partial charge < -0.3 is 15.7 Å². The van der Waals surface area contributed by atoms with Gasteiger partial charge in [0.1, 0.15) is 5.82 Å². The summed E-state index contributed by atoms with van der Waals surface area (Å²) in [5.41, 5.74) is -0.127. The second-order valence-corrected chi connectivity index (χ2v) is 4.99. The number of carboxylic acid groups (broad SMARTS) is 1. The predicted molar refractivity (Wildman–Crippen MR) is 74.2 cm³/mol. The third-order valence-corrected chi connectivity index (χ3v) is 3.35. The van der Waals surface area contributed by atoms with E-state index >= 15 is 0 Å². The van der Waals surface area contributed by atoms with E-state index in [9.17, 15) is 14.0 Å². The van der Waals surface area contributed by atoms with E-state index in [0.29, 0.717) is 17.7 Å². The van der Waals surface area contributed by atoms with E-state index in [1.54, 1.807) is 20.8 Å². The van der Waals surface area contributed by atoms with E-state index in [1.807, 2.05) is 0 Å². The average molecular weight is 282 g/mol. The second kappa shape index (κ2) is 6.36. The van der Waals surface area contributed by atoms with Crippen molar-refractivity contribution in [3.63, 3.8) is 0 Å². The number of aryl methyl sites for hydroxylation is 1. The molecule has 1 aromatic rings. The molecule has 1 rings (SSSR count). The van der Waals surface area contributed by atoms with Crippen LogP contribution in [0, 0.1) is 18.2 Å². The van der Waals surface area contributed by atoms with E-state index in [0.717, 1.165) is 0 Å². The monoisotopic (exact) mass is 282 g/mol. The fourth-order valence-corrected chi connectivity index (χ4v) is 1.52. The molecule has 0 aliphatic carbocycles. The summed E-state index contributed by atoms with van der Waals surface area (Å²) in [5, 5.41) is 14.1. The van der Waals surface area contributed by atoms with Crippen molar-refractivity contribution in [2.45, 2.75) is 27.2 Å². The Bertz CT molecular complexity index is 519. The largest absolute Gasteiger partial charge is 0.481 e. The Balaban J connectivity index is 2.60. The number of halogens is 1. The highest BCUT2D eigenvalue weighted by Gasteiger charge is 2.31. The first-order valence-electron chi connectivity index (χ1n) is 6.33. The number of hydrogen-bond donors (Lipinski definition) is 3. The van der Waals surface area contributed by atoms with Gasteiger partial charge in [0, 0.05) is 12.2 Å². The molecule has 2 amide bonds. The van der Waals surface area contributed by atoms with E-state index in [2.05, 4.69) is 10.6 Å². The van der Waals surface area contributed by atoms with Crippen LogP contribution >= 0.6 is 0 Å². The number of carbonyl (C=O) groups is 2. The summed E-state index contributed by atoms with van der Waals surface area (Å²) in [6, 6.07) is 3.69. The first kappa shape index (κ1) is 15.9. The topological polar surface area (TPSA) is 78.4 Å². The zero-order valence-corrected chi connectivity index (χ0v) is 11.8. The molecule has 0 radical (unpaired) electrons. The fraction of sp³-hybridized carbons (Fsp3) is 0.429.